The molecule has 0 aromatic heterocycles. The Balaban J connectivity index is 1.05. The number of hydrogen-bond donors (Lipinski definition) is 0. The minimum absolute atomic E-state index is 0.526. The highest BCUT2D eigenvalue weighted by Gasteiger charge is 2.46. The Bertz CT molecular complexity index is 4140. The van der Waals surface area contributed by atoms with Crippen LogP contribution in [-0.4, -0.2) is 0 Å². The van der Waals surface area contributed by atoms with E-state index in [2.05, 4.69) is 314 Å². The van der Waals surface area contributed by atoms with Gasteiger partial charge in [-0.05, 0) is 142 Å². The van der Waals surface area contributed by atoms with Crippen molar-refractivity contribution in [3.05, 3.63) is 332 Å². The second-order valence-corrected chi connectivity index (χ2v) is 19.9. The van der Waals surface area contributed by atoms with Crippen LogP contribution in [0.25, 0.3) is 88.3 Å². The number of fused-ring (bicyclic) bond motifs is 6. The van der Waals surface area contributed by atoms with E-state index in [1.54, 1.807) is 0 Å². The van der Waals surface area contributed by atoms with E-state index in [4.69, 9.17) is 0 Å². The molecule has 14 rings (SSSR count). The van der Waals surface area contributed by atoms with Crippen LogP contribution in [0.15, 0.2) is 309 Å². The molecule has 0 saturated heterocycles. The summed E-state index contributed by atoms with van der Waals surface area (Å²) in [6.07, 6.45) is 0. The van der Waals surface area contributed by atoms with Crippen molar-refractivity contribution < 1.29 is 0 Å². The van der Waals surface area contributed by atoms with Crippen LogP contribution < -0.4 is 4.90 Å². The summed E-state index contributed by atoms with van der Waals surface area (Å²) in [4.78, 5) is 2.55. The van der Waals surface area contributed by atoms with Gasteiger partial charge in [-0.3, -0.25) is 0 Å². The molecule has 1 heteroatoms. The van der Waals surface area contributed by atoms with Crippen LogP contribution in [0.2, 0.25) is 0 Å². The maximum absolute atomic E-state index is 2.55. The number of hydrogen-bond acceptors (Lipinski definition) is 1. The van der Waals surface area contributed by atoms with Gasteiger partial charge < -0.3 is 4.90 Å². The van der Waals surface area contributed by atoms with Crippen LogP contribution in [0.3, 0.4) is 0 Å². The number of anilines is 3. The topological polar surface area (TPSA) is 3.24 Å². The first-order valence-corrected chi connectivity index (χ1v) is 26.3. The van der Waals surface area contributed by atoms with Crippen LogP contribution in [0.5, 0.6) is 0 Å². The van der Waals surface area contributed by atoms with Crippen molar-refractivity contribution in [2.24, 2.45) is 0 Å². The lowest BCUT2D eigenvalue weighted by Gasteiger charge is -2.34. The molecule has 0 N–H and O–H groups in total. The maximum atomic E-state index is 2.55. The second kappa shape index (κ2) is 18.9. The summed E-state index contributed by atoms with van der Waals surface area (Å²) in [6.45, 7) is 0. The normalized spacial score (nSPS) is 12.3. The standard InChI is InChI=1S/C75H51N/c1-6-24-52(25-7-1)56-48-57(53-26-8-2-9-27-53)50-58(49-56)54-42-44-61(45-43-54)76(62-46-47-72-70(51-62)66-37-22-23-41-71(66)75(72,59-30-12-4-13-31-59)60-32-14-5-15-33-60)74-69-40-21-18-36-65(69)64-35-17-20-39-68(64)73(74)67-38-19-16-34-63(67)55-28-10-3-11-29-55/h1-51H. The predicted octanol–water partition coefficient (Wildman–Crippen LogP) is 20.2. The minimum Gasteiger partial charge on any atom is -0.309 e. The summed E-state index contributed by atoms with van der Waals surface area (Å²) >= 11 is 0. The molecule has 356 valence electrons. The van der Waals surface area contributed by atoms with Gasteiger partial charge >= 0.3 is 0 Å². The lowest BCUT2D eigenvalue weighted by molar-refractivity contribution is 0.768. The fraction of sp³-hybridized carbons (Fsp3) is 0.0133. The van der Waals surface area contributed by atoms with Gasteiger partial charge in [-0.15, -0.1) is 0 Å². The molecular formula is C75H51N. The first-order valence-electron chi connectivity index (χ1n) is 26.3. The summed E-state index contributed by atoms with van der Waals surface area (Å²) in [6, 6.07) is 114. The van der Waals surface area contributed by atoms with Crippen LogP contribution in [0.4, 0.5) is 17.1 Å². The summed E-state index contributed by atoms with van der Waals surface area (Å²) in [5.41, 5.74) is 22.1. The molecule has 0 heterocycles. The molecule has 0 atom stereocenters. The molecule has 13 aromatic carbocycles. The molecule has 0 fully saturated rings. The van der Waals surface area contributed by atoms with Crippen LogP contribution in [0.1, 0.15) is 22.3 Å². The van der Waals surface area contributed by atoms with E-state index in [9.17, 15) is 0 Å². The Morgan fingerprint density at radius 1 is 0.224 bits per heavy atom. The summed E-state index contributed by atoms with van der Waals surface area (Å²) in [5.74, 6) is 0. The number of nitrogens with zero attached hydrogens (tertiary/aromatic N) is 1. The van der Waals surface area contributed by atoms with Crippen LogP contribution in [-0.2, 0) is 5.41 Å². The van der Waals surface area contributed by atoms with Crippen LogP contribution in [0, 0.1) is 0 Å². The van der Waals surface area contributed by atoms with E-state index in [1.807, 2.05) is 0 Å². The van der Waals surface area contributed by atoms with Gasteiger partial charge in [0.2, 0.25) is 0 Å². The molecule has 1 nitrogen and oxygen atoms in total. The Morgan fingerprint density at radius 3 is 1.18 bits per heavy atom. The quantitative estimate of drug-likeness (QED) is 0.123. The molecule has 0 aliphatic heterocycles. The largest absolute Gasteiger partial charge is 0.309 e. The zero-order valence-corrected chi connectivity index (χ0v) is 41.9. The van der Waals surface area contributed by atoms with E-state index in [0.717, 1.165) is 22.6 Å². The Morgan fingerprint density at radius 2 is 0.618 bits per heavy atom. The van der Waals surface area contributed by atoms with Gasteiger partial charge in [-0.1, -0.05) is 267 Å². The first kappa shape index (κ1) is 44.8. The van der Waals surface area contributed by atoms with Crippen molar-refractivity contribution >= 4 is 38.6 Å². The van der Waals surface area contributed by atoms with E-state index in [-0.39, 0.29) is 0 Å². The average Bonchev–Trinajstić information content (AvgIpc) is 3.84. The lowest BCUT2D eigenvalue weighted by atomic mass is 9.68. The van der Waals surface area contributed by atoms with Crippen molar-refractivity contribution in [3.63, 3.8) is 0 Å². The molecule has 0 spiro atoms. The van der Waals surface area contributed by atoms with Gasteiger partial charge in [0.25, 0.3) is 0 Å². The van der Waals surface area contributed by atoms with E-state index in [0.29, 0.717) is 0 Å². The monoisotopic (exact) mass is 965 g/mol. The average molecular weight is 966 g/mol. The Labute approximate surface area is 444 Å². The minimum atomic E-state index is -0.526. The van der Waals surface area contributed by atoms with E-state index in [1.165, 1.54) is 105 Å². The molecule has 0 bridgehead atoms. The highest BCUT2D eigenvalue weighted by molar-refractivity contribution is 6.23. The van der Waals surface area contributed by atoms with Gasteiger partial charge in [-0.2, -0.15) is 0 Å². The molecule has 0 unspecified atom stereocenters. The summed E-state index contributed by atoms with van der Waals surface area (Å²) < 4.78 is 0. The molecule has 76 heavy (non-hydrogen) atoms. The smallest absolute Gasteiger partial charge is 0.0713 e. The van der Waals surface area contributed by atoms with Gasteiger partial charge in [0.15, 0.2) is 0 Å². The van der Waals surface area contributed by atoms with Crippen molar-refractivity contribution in [2.45, 2.75) is 5.41 Å². The SMILES string of the molecule is c1ccc(-c2cc(-c3ccccc3)cc(-c3ccc(N(c4ccc5c(c4)-c4ccccc4C5(c4ccccc4)c4ccccc4)c4c(-c5ccccc5-c5ccccc5)c5ccccc5c5ccccc45)cc3)c2)cc1. The van der Waals surface area contributed by atoms with Gasteiger partial charge in [0.1, 0.15) is 0 Å². The first-order chi connectivity index (χ1) is 37.7. The third kappa shape index (κ3) is 7.47. The van der Waals surface area contributed by atoms with E-state index < -0.39 is 5.41 Å². The fourth-order valence-corrected chi connectivity index (χ4v) is 12.4. The lowest BCUT2D eigenvalue weighted by Crippen LogP contribution is -2.28. The van der Waals surface area contributed by atoms with Gasteiger partial charge in [-0.25, -0.2) is 0 Å². The van der Waals surface area contributed by atoms with Crippen molar-refractivity contribution in [2.75, 3.05) is 4.90 Å². The zero-order valence-electron chi connectivity index (χ0n) is 41.9. The van der Waals surface area contributed by atoms with Crippen molar-refractivity contribution in [1.29, 1.82) is 0 Å². The number of benzene rings is 13. The highest BCUT2D eigenvalue weighted by atomic mass is 15.1. The molecule has 0 amide bonds. The molecule has 13 aromatic rings. The molecule has 1 aliphatic rings. The Kier molecular flexibility index (Phi) is 11.2. The Hall–Kier alpha value is -9.82. The van der Waals surface area contributed by atoms with Gasteiger partial charge in [0, 0.05) is 22.3 Å². The highest BCUT2D eigenvalue weighted by Crippen LogP contribution is 2.58. The predicted molar refractivity (Wildman–Crippen MR) is 321 cm³/mol. The summed E-state index contributed by atoms with van der Waals surface area (Å²) in [5, 5.41) is 4.81. The third-order valence-corrected chi connectivity index (χ3v) is 15.7. The van der Waals surface area contributed by atoms with Crippen molar-refractivity contribution in [3.8, 4) is 66.8 Å². The summed E-state index contributed by atoms with van der Waals surface area (Å²) in [7, 11) is 0. The van der Waals surface area contributed by atoms with E-state index >= 15 is 0 Å². The molecule has 0 saturated carbocycles. The second-order valence-electron chi connectivity index (χ2n) is 19.9. The van der Waals surface area contributed by atoms with Crippen molar-refractivity contribution in [1.82, 2.24) is 0 Å². The number of rotatable bonds is 10. The molecule has 0 radical (unpaired) electrons. The maximum Gasteiger partial charge on any atom is 0.0713 e. The molecule has 1 aliphatic carbocycles. The fourth-order valence-electron chi connectivity index (χ4n) is 12.4. The van der Waals surface area contributed by atoms with Gasteiger partial charge in [0.05, 0.1) is 11.1 Å². The van der Waals surface area contributed by atoms with Crippen LogP contribution >= 0.6 is 0 Å². The zero-order chi connectivity index (χ0) is 50.4. The third-order valence-electron chi connectivity index (χ3n) is 15.7. The molecular weight excluding hydrogens is 915 g/mol.